The van der Waals surface area contributed by atoms with Crippen molar-refractivity contribution in [2.45, 2.75) is 46.0 Å². The maximum Gasteiger partial charge on any atom is 0.231 e. The van der Waals surface area contributed by atoms with E-state index in [4.69, 9.17) is 4.52 Å². The lowest BCUT2D eigenvalue weighted by Crippen LogP contribution is -2.08. The summed E-state index contributed by atoms with van der Waals surface area (Å²) in [6.07, 6.45) is 1.11. The van der Waals surface area contributed by atoms with Gasteiger partial charge >= 0.3 is 0 Å². The van der Waals surface area contributed by atoms with Gasteiger partial charge in [-0.05, 0) is 13.0 Å². The van der Waals surface area contributed by atoms with Gasteiger partial charge in [-0.3, -0.25) is 0 Å². The maximum absolute atomic E-state index is 5.21. The first kappa shape index (κ1) is 12.2. The first-order valence-electron chi connectivity index (χ1n) is 5.81. The molecular weight excluding hydrogens is 190 g/mol. The highest BCUT2D eigenvalue weighted by atomic mass is 16.5. The van der Waals surface area contributed by atoms with Gasteiger partial charge in [0.25, 0.3) is 0 Å². The van der Waals surface area contributed by atoms with Crippen LogP contribution >= 0.6 is 0 Å². The molecule has 1 unspecified atom stereocenters. The number of rotatable bonds is 2. The molecule has 1 aromatic rings. The molecule has 2 rings (SSSR count). The maximum atomic E-state index is 5.21. The molecule has 1 N–H and O–H groups in total. The highest BCUT2D eigenvalue weighted by Crippen LogP contribution is 2.21. The Morgan fingerprint density at radius 2 is 2.13 bits per heavy atom. The van der Waals surface area contributed by atoms with E-state index in [0.717, 1.165) is 31.2 Å². The number of nitrogens with zero attached hydrogens (tertiary/aromatic N) is 2. The lowest BCUT2D eigenvalue weighted by molar-refractivity contribution is 0.353. The summed E-state index contributed by atoms with van der Waals surface area (Å²) in [5.41, 5.74) is 0. The van der Waals surface area contributed by atoms with Crippen LogP contribution in [0.4, 0.5) is 0 Å². The molecule has 86 valence electrons. The van der Waals surface area contributed by atoms with Gasteiger partial charge in [-0.25, -0.2) is 0 Å². The molecular formula is C11H21N3O. The van der Waals surface area contributed by atoms with E-state index >= 15 is 0 Å². The van der Waals surface area contributed by atoms with Crippen LogP contribution in [-0.2, 0) is 0 Å². The first-order chi connectivity index (χ1) is 7.27. The SMILES string of the molecule is CC.CC(C)c1noc(C2CCNC2)n1. The van der Waals surface area contributed by atoms with Gasteiger partial charge in [0.1, 0.15) is 0 Å². The van der Waals surface area contributed by atoms with Crippen LogP contribution in [0.3, 0.4) is 0 Å². The lowest BCUT2D eigenvalue weighted by Gasteiger charge is -1.98. The van der Waals surface area contributed by atoms with Crippen LogP contribution in [-0.4, -0.2) is 23.2 Å². The monoisotopic (exact) mass is 211 g/mol. The van der Waals surface area contributed by atoms with Gasteiger partial charge in [0.05, 0.1) is 5.92 Å². The van der Waals surface area contributed by atoms with Crippen molar-refractivity contribution in [3.05, 3.63) is 11.7 Å². The Labute approximate surface area is 91.5 Å². The highest BCUT2D eigenvalue weighted by Gasteiger charge is 2.23. The van der Waals surface area contributed by atoms with Gasteiger partial charge in [-0.1, -0.05) is 32.9 Å². The fraction of sp³-hybridized carbons (Fsp3) is 0.818. The van der Waals surface area contributed by atoms with E-state index in [-0.39, 0.29) is 0 Å². The summed E-state index contributed by atoms with van der Waals surface area (Å²) >= 11 is 0. The zero-order chi connectivity index (χ0) is 11.3. The van der Waals surface area contributed by atoms with Crippen molar-refractivity contribution in [3.8, 4) is 0 Å². The van der Waals surface area contributed by atoms with Crippen LogP contribution in [0.2, 0.25) is 0 Å². The van der Waals surface area contributed by atoms with E-state index in [1.807, 2.05) is 13.8 Å². The molecule has 0 bridgehead atoms. The topological polar surface area (TPSA) is 51.0 Å². The summed E-state index contributed by atoms with van der Waals surface area (Å²) in [6.45, 7) is 10.2. The molecule has 1 fully saturated rings. The molecule has 0 amide bonds. The Morgan fingerprint density at radius 1 is 1.40 bits per heavy atom. The second-order valence-corrected chi connectivity index (χ2v) is 3.84. The molecule has 4 heteroatoms. The Bertz CT molecular complexity index is 277. The second kappa shape index (κ2) is 5.85. The minimum absolute atomic E-state index is 0.354. The number of hydrogen-bond donors (Lipinski definition) is 1. The minimum atomic E-state index is 0.354. The van der Waals surface area contributed by atoms with Crippen LogP contribution < -0.4 is 5.32 Å². The van der Waals surface area contributed by atoms with Gasteiger partial charge < -0.3 is 9.84 Å². The molecule has 1 aliphatic rings. The fourth-order valence-corrected chi connectivity index (χ4v) is 1.51. The number of nitrogens with one attached hydrogen (secondary N) is 1. The van der Waals surface area contributed by atoms with Gasteiger partial charge in [0.2, 0.25) is 5.89 Å². The van der Waals surface area contributed by atoms with Crippen LogP contribution in [0, 0.1) is 0 Å². The van der Waals surface area contributed by atoms with E-state index in [1.165, 1.54) is 0 Å². The average Bonchev–Trinajstić information content (AvgIpc) is 2.91. The largest absolute Gasteiger partial charge is 0.339 e. The summed E-state index contributed by atoms with van der Waals surface area (Å²) in [4.78, 5) is 4.37. The molecule has 4 nitrogen and oxygen atoms in total. The summed E-state index contributed by atoms with van der Waals surface area (Å²) in [5.74, 6) is 2.41. The van der Waals surface area contributed by atoms with E-state index in [2.05, 4.69) is 29.3 Å². The van der Waals surface area contributed by atoms with Crippen molar-refractivity contribution in [3.63, 3.8) is 0 Å². The van der Waals surface area contributed by atoms with E-state index in [9.17, 15) is 0 Å². The van der Waals surface area contributed by atoms with Gasteiger partial charge in [0, 0.05) is 12.5 Å². The summed E-state index contributed by atoms with van der Waals surface area (Å²) < 4.78 is 5.21. The Morgan fingerprint density at radius 3 is 2.60 bits per heavy atom. The summed E-state index contributed by atoms with van der Waals surface area (Å²) in [6, 6.07) is 0. The van der Waals surface area contributed by atoms with E-state index in [0.29, 0.717) is 11.8 Å². The van der Waals surface area contributed by atoms with Gasteiger partial charge in [-0.15, -0.1) is 0 Å². The molecule has 2 heterocycles. The third kappa shape index (κ3) is 3.02. The minimum Gasteiger partial charge on any atom is -0.339 e. The molecule has 0 aliphatic carbocycles. The van der Waals surface area contributed by atoms with Crippen molar-refractivity contribution < 1.29 is 4.52 Å². The third-order valence-electron chi connectivity index (χ3n) is 2.38. The number of hydrogen-bond acceptors (Lipinski definition) is 4. The van der Waals surface area contributed by atoms with Crippen LogP contribution in [0.1, 0.15) is 57.7 Å². The summed E-state index contributed by atoms with van der Waals surface area (Å²) in [7, 11) is 0. The van der Waals surface area contributed by atoms with Crippen molar-refractivity contribution in [2.75, 3.05) is 13.1 Å². The quantitative estimate of drug-likeness (QED) is 0.815. The molecule has 1 atom stereocenters. The zero-order valence-electron chi connectivity index (χ0n) is 10.1. The summed E-state index contributed by atoms with van der Waals surface area (Å²) in [5, 5.41) is 7.23. The van der Waals surface area contributed by atoms with E-state index < -0.39 is 0 Å². The predicted octanol–water partition coefficient (Wildman–Crippen LogP) is 2.30. The molecule has 0 spiro atoms. The Hall–Kier alpha value is -0.900. The molecule has 15 heavy (non-hydrogen) atoms. The van der Waals surface area contributed by atoms with Gasteiger partial charge in [-0.2, -0.15) is 4.98 Å². The standard InChI is InChI=1S/C9H15N3O.C2H6/c1-6(2)8-11-9(13-12-8)7-3-4-10-5-7;1-2/h6-7,10H,3-5H2,1-2H3;1-2H3. The van der Waals surface area contributed by atoms with Gasteiger partial charge in [0.15, 0.2) is 5.82 Å². The van der Waals surface area contributed by atoms with Crippen LogP contribution in [0.15, 0.2) is 4.52 Å². The van der Waals surface area contributed by atoms with Crippen LogP contribution in [0.5, 0.6) is 0 Å². The Balaban J connectivity index is 0.000000531. The Kier molecular flexibility index (Phi) is 4.75. The smallest absolute Gasteiger partial charge is 0.231 e. The molecule has 0 aromatic carbocycles. The van der Waals surface area contributed by atoms with Crippen LogP contribution in [0.25, 0.3) is 0 Å². The van der Waals surface area contributed by atoms with Crippen molar-refractivity contribution >= 4 is 0 Å². The zero-order valence-corrected chi connectivity index (χ0v) is 10.1. The fourth-order valence-electron chi connectivity index (χ4n) is 1.51. The van der Waals surface area contributed by atoms with Crippen molar-refractivity contribution in [1.29, 1.82) is 0 Å². The average molecular weight is 211 g/mol. The predicted molar refractivity (Wildman–Crippen MR) is 60.0 cm³/mol. The van der Waals surface area contributed by atoms with Crippen molar-refractivity contribution in [1.82, 2.24) is 15.5 Å². The number of aromatic nitrogens is 2. The van der Waals surface area contributed by atoms with E-state index in [1.54, 1.807) is 0 Å². The highest BCUT2D eigenvalue weighted by molar-refractivity contribution is 4.99. The molecule has 1 aromatic heterocycles. The normalized spacial score (nSPS) is 20.2. The first-order valence-corrected chi connectivity index (χ1v) is 5.81. The third-order valence-corrected chi connectivity index (χ3v) is 2.38. The molecule has 1 aliphatic heterocycles. The lowest BCUT2D eigenvalue weighted by atomic mass is 10.1. The molecule has 0 saturated carbocycles. The molecule has 1 saturated heterocycles. The van der Waals surface area contributed by atoms with Crippen molar-refractivity contribution in [2.24, 2.45) is 0 Å². The molecule has 0 radical (unpaired) electrons. The second-order valence-electron chi connectivity index (χ2n) is 3.84.